The number of hydrogen-bond donors (Lipinski definition) is 0. The normalized spacial score (nSPS) is 12.9. The van der Waals surface area contributed by atoms with Gasteiger partial charge in [0.15, 0.2) is 16.3 Å². The highest BCUT2D eigenvalue weighted by Gasteiger charge is 2.31. The Morgan fingerprint density at radius 1 is 0.291 bits per heavy atom. The van der Waals surface area contributed by atoms with Crippen LogP contribution < -0.4 is 16.3 Å². The molecule has 0 amide bonds. The average Bonchev–Trinajstić information content (AvgIpc) is 1.57. The van der Waals surface area contributed by atoms with E-state index in [1.54, 1.807) is 34.0 Å². The summed E-state index contributed by atoms with van der Waals surface area (Å²) >= 11 is 5.03. The van der Waals surface area contributed by atoms with Crippen LogP contribution in [0.1, 0.15) is 189 Å². The molecule has 15 aromatic carbocycles. The molecule has 6 aromatic heterocycles. The molecule has 0 aliphatic heterocycles. The van der Waals surface area contributed by atoms with Crippen LogP contribution in [0, 0.1) is 38.5 Å². The minimum atomic E-state index is -0.480. The van der Waals surface area contributed by atoms with E-state index < -0.39 is 17.9 Å². The molecule has 0 radical (unpaired) electrons. The fraction of sp³-hybridized carbons (Fsp3) is 0.244. The van der Waals surface area contributed by atoms with Crippen molar-refractivity contribution in [3.63, 3.8) is 0 Å². The van der Waals surface area contributed by atoms with Crippen LogP contribution in [0.3, 0.4) is 0 Å². The van der Waals surface area contributed by atoms with E-state index in [2.05, 4.69) is 186 Å². The second-order valence-electron chi connectivity index (χ2n) is 37.5. The monoisotopic (exact) mass is 1910 g/mol. The Kier molecular flexibility index (Phi) is 28.1. The lowest BCUT2D eigenvalue weighted by Gasteiger charge is -2.19. The average molecular weight is 1920 g/mol. The van der Waals surface area contributed by atoms with Gasteiger partial charge in [0, 0.05) is 194 Å². The van der Waals surface area contributed by atoms with Gasteiger partial charge in [-0.15, -0.1) is 34.0 Å². The standard InChI is InChI=1S/3C41H38N2O3S/c1-5-7-15-27(6-2)24-43-34-22-21-28(38(42-46-26(4)44)29-16-9-8-14-25(29)3)23-33(34)36-37-40(45)32-19-12-13-20-35(32)47-41(37)31-18-11-10-17-30(31)39(36)43;1-5-7-15-27(6-2)24-43-34-21-22-36-38(41(45)31-19-12-13-20-35(31)47-36)37(34)33-23-32(29-17-10-11-18-30(29)40(33)43)39(42-46-26(4)44)28-16-9-8-14-25(28)3;1-5-7-15-27(6-2)24-43-35-22-21-32-40(45)31-19-12-13-20-36(31)47-41(32)37(35)34-23-33(29-17-10-11-18-30(29)39(34)43)38(42-46-26(4)44)28-16-9-8-14-25(28)3/h3*8-14,16-23,27H,5-7,15,24H2,1-4H3/b42-38+;42-39-;42-38-. The van der Waals surface area contributed by atoms with E-state index >= 15 is 0 Å². The van der Waals surface area contributed by atoms with Crippen LogP contribution >= 0.6 is 34.0 Å². The molecule has 0 spiro atoms. The van der Waals surface area contributed by atoms with Gasteiger partial charge in [0.05, 0.1) is 27.5 Å². The van der Waals surface area contributed by atoms with Gasteiger partial charge in [-0.25, -0.2) is 14.4 Å². The topological polar surface area (TPSA) is 182 Å². The van der Waals surface area contributed by atoms with Gasteiger partial charge in [-0.2, -0.15) is 0 Å². The third-order valence-corrected chi connectivity index (χ3v) is 32.0. The van der Waals surface area contributed by atoms with Crippen LogP contribution in [0.2, 0.25) is 0 Å². The highest BCUT2D eigenvalue weighted by Crippen LogP contribution is 2.48. The maximum atomic E-state index is 14.6. The molecule has 6 heterocycles. The summed E-state index contributed by atoms with van der Waals surface area (Å²) < 4.78 is 13.4. The molecule has 3 atom stereocenters. The highest BCUT2D eigenvalue weighted by atomic mass is 32.1. The highest BCUT2D eigenvalue weighted by molar-refractivity contribution is 7.26. The molecule has 15 nitrogen and oxygen atoms in total. The molecule has 0 aliphatic carbocycles. The lowest BCUT2D eigenvalue weighted by atomic mass is 9.92. The van der Waals surface area contributed by atoms with E-state index in [1.165, 1.54) is 52.9 Å². The molecular weight excluding hydrogens is 1800 g/mol. The van der Waals surface area contributed by atoms with E-state index in [4.69, 9.17) is 14.5 Å². The molecule has 21 rings (SSSR count). The van der Waals surface area contributed by atoms with Crippen molar-refractivity contribution >= 4 is 227 Å². The number of oxime groups is 3. The van der Waals surface area contributed by atoms with Crippen molar-refractivity contribution in [1.29, 1.82) is 0 Å². The molecule has 0 saturated heterocycles. The zero-order chi connectivity index (χ0) is 98.0. The molecule has 0 aliphatic rings. The van der Waals surface area contributed by atoms with Crippen molar-refractivity contribution in [2.45, 2.75) is 180 Å². The SMILES string of the molecule is CCCCC(CC)Cn1c2ccc(/C(=N\OC(C)=O)c3ccccc3C)cc2c2c3c(=O)c4ccccc4sc3c3ccccc3c21.CCCCC(CC)Cn1c2ccc3c(=O)c4ccccc4sc3c2c2cc(/C(=N\OC(C)=O)c3ccccc3C)c3ccccc3c21.CCCCC(CC)Cn1c2ccc3sc4ccccc4c(=O)c3c2c2cc(/C(=N\OC(C)=O)c3ccccc3C)c3ccccc3c21. The Labute approximate surface area is 830 Å². The van der Waals surface area contributed by atoms with Gasteiger partial charge in [-0.1, -0.05) is 303 Å². The molecule has 0 N–H and O–H groups in total. The third kappa shape index (κ3) is 18.2. The maximum absolute atomic E-state index is 14.6. The predicted octanol–water partition coefficient (Wildman–Crippen LogP) is 31.5. The van der Waals surface area contributed by atoms with Gasteiger partial charge in [0.2, 0.25) is 0 Å². The summed E-state index contributed by atoms with van der Waals surface area (Å²) in [5, 5.41) is 30.4. The third-order valence-electron chi connectivity index (χ3n) is 28.4. The zero-order valence-corrected chi connectivity index (χ0v) is 84.4. The van der Waals surface area contributed by atoms with Crippen molar-refractivity contribution in [2.75, 3.05) is 0 Å². The van der Waals surface area contributed by atoms with Crippen LogP contribution in [-0.2, 0) is 48.5 Å². The fourth-order valence-corrected chi connectivity index (χ4v) is 24.7. The summed E-state index contributed by atoms with van der Waals surface area (Å²) in [6, 6.07) is 92.4. The van der Waals surface area contributed by atoms with Crippen LogP contribution in [-0.4, -0.2) is 48.7 Å². The largest absolute Gasteiger partial charge is 0.340 e. The van der Waals surface area contributed by atoms with Gasteiger partial charge in [0.1, 0.15) is 17.1 Å². The van der Waals surface area contributed by atoms with Crippen LogP contribution in [0.25, 0.3) is 158 Å². The first-order chi connectivity index (χ1) is 68.7. The first kappa shape index (κ1) is 95.5. The smallest absolute Gasteiger partial charge is 0.332 e. The summed E-state index contributed by atoms with van der Waals surface area (Å²) in [5.74, 6) is 0.0910. The molecule has 0 bridgehead atoms. The number of carbonyl (C=O) groups excluding carboxylic acids is 3. The summed E-state index contributed by atoms with van der Waals surface area (Å²) in [4.78, 5) is 95.0. The molecular formula is C123H114N6O9S3. The summed E-state index contributed by atoms with van der Waals surface area (Å²) in [7, 11) is 0. The molecule has 708 valence electrons. The predicted molar refractivity (Wildman–Crippen MR) is 594 cm³/mol. The zero-order valence-electron chi connectivity index (χ0n) is 81.9. The van der Waals surface area contributed by atoms with E-state index in [9.17, 15) is 28.8 Å². The lowest BCUT2D eigenvalue weighted by molar-refractivity contribution is -0.141. The fourth-order valence-electron chi connectivity index (χ4n) is 21.2. The molecule has 18 heteroatoms. The number of unbranched alkanes of at least 4 members (excludes halogenated alkanes) is 3. The van der Waals surface area contributed by atoms with Gasteiger partial charge in [-0.3, -0.25) is 14.4 Å². The summed E-state index contributed by atoms with van der Waals surface area (Å²) in [6.45, 7) is 26.4. The Hall–Kier alpha value is -14.4. The van der Waals surface area contributed by atoms with Crippen molar-refractivity contribution in [2.24, 2.45) is 33.2 Å². The molecule has 21 aromatic rings. The van der Waals surface area contributed by atoms with Crippen LogP contribution in [0.5, 0.6) is 0 Å². The van der Waals surface area contributed by atoms with E-state index in [1.807, 2.05) is 178 Å². The molecule has 0 fully saturated rings. The minimum absolute atomic E-state index is 0.0550. The first-order valence-electron chi connectivity index (χ1n) is 49.6. The van der Waals surface area contributed by atoms with E-state index in [0.717, 1.165) is 273 Å². The number of fused-ring (bicyclic) bond motifs is 25. The number of benzene rings is 15. The number of rotatable bonds is 27. The Morgan fingerprint density at radius 2 is 0.645 bits per heavy atom. The van der Waals surface area contributed by atoms with Crippen molar-refractivity contribution in [1.82, 2.24) is 13.7 Å². The Bertz CT molecular complexity index is 8850. The minimum Gasteiger partial charge on any atom is -0.340 e. The Morgan fingerprint density at radius 3 is 1.10 bits per heavy atom. The number of aryl methyl sites for hydroxylation is 3. The molecule has 0 saturated carbocycles. The van der Waals surface area contributed by atoms with Gasteiger partial charge in [-0.05, 0) is 170 Å². The van der Waals surface area contributed by atoms with E-state index in [0.29, 0.717) is 34.9 Å². The van der Waals surface area contributed by atoms with Crippen LogP contribution in [0.4, 0.5) is 0 Å². The summed E-state index contributed by atoms with van der Waals surface area (Å²) in [6.07, 6.45) is 13.8. The van der Waals surface area contributed by atoms with Gasteiger partial charge < -0.3 is 28.2 Å². The molecule has 141 heavy (non-hydrogen) atoms. The van der Waals surface area contributed by atoms with Gasteiger partial charge >= 0.3 is 17.9 Å². The second-order valence-corrected chi connectivity index (χ2v) is 40.7. The number of nitrogens with zero attached hydrogens (tertiary/aromatic N) is 6. The van der Waals surface area contributed by atoms with Crippen LogP contribution in [0.15, 0.2) is 303 Å². The maximum Gasteiger partial charge on any atom is 0.332 e. The number of hydrogen-bond acceptors (Lipinski definition) is 15. The van der Waals surface area contributed by atoms with Crippen molar-refractivity contribution in [3.05, 3.63) is 354 Å². The summed E-state index contributed by atoms with van der Waals surface area (Å²) in [5.41, 5.74) is 16.9. The molecule has 3 unspecified atom stereocenters. The number of aromatic nitrogens is 3. The first-order valence-corrected chi connectivity index (χ1v) is 52.1. The van der Waals surface area contributed by atoms with Gasteiger partial charge in [0.25, 0.3) is 0 Å². The lowest BCUT2D eigenvalue weighted by Crippen LogP contribution is -2.11. The number of carbonyl (C=O) groups is 3. The van der Waals surface area contributed by atoms with Crippen molar-refractivity contribution in [3.8, 4) is 0 Å². The van der Waals surface area contributed by atoms with E-state index in [-0.39, 0.29) is 16.3 Å². The Balaban J connectivity index is 0.000000134. The van der Waals surface area contributed by atoms with Crippen molar-refractivity contribution < 1.29 is 28.9 Å². The second kappa shape index (κ2) is 41.5. The quantitative estimate of drug-likeness (QED) is 0.0159.